The summed E-state index contributed by atoms with van der Waals surface area (Å²) in [7, 11) is 0. The van der Waals surface area contributed by atoms with Gasteiger partial charge < -0.3 is 10.3 Å². The molecule has 0 atom stereocenters. The van der Waals surface area contributed by atoms with Crippen LogP contribution in [0.3, 0.4) is 0 Å². The molecule has 0 fully saturated rings. The number of hydrogen-bond donors (Lipinski definition) is 2. The molecule has 0 spiro atoms. The Balaban J connectivity index is 1.91. The molecule has 20 heavy (non-hydrogen) atoms. The van der Waals surface area contributed by atoms with E-state index in [4.69, 9.17) is 11.6 Å². The predicted octanol–water partition coefficient (Wildman–Crippen LogP) is 2.58. The predicted molar refractivity (Wildman–Crippen MR) is 78.9 cm³/mol. The number of nitrogens with one attached hydrogen (secondary N) is 2. The van der Waals surface area contributed by atoms with Crippen LogP contribution in [0, 0.1) is 0 Å². The first-order valence-corrected chi connectivity index (χ1v) is 6.43. The topological polar surface area (TPSA) is 70.7 Å². The highest BCUT2D eigenvalue weighted by Crippen LogP contribution is 2.18. The van der Waals surface area contributed by atoms with Crippen LogP contribution in [0.15, 0.2) is 47.7 Å². The molecule has 0 aliphatic heterocycles. The van der Waals surface area contributed by atoms with E-state index in [1.165, 1.54) is 6.33 Å². The number of hydrogen-bond acceptors (Lipinski definition) is 4. The van der Waals surface area contributed by atoms with E-state index >= 15 is 0 Å². The summed E-state index contributed by atoms with van der Waals surface area (Å²) in [6, 6.07) is 9.85. The molecule has 0 aliphatic carbocycles. The van der Waals surface area contributed by atoms with E-state index in [2.05, 4.69) is 20.3 Å². The van der Waals surface area contributed by atoms with Crippen molar-refractivity contribution in [3.8, 4) is 0 Å². The number of rotatable bonds is 3. The zero-order valence-corrected chi connectivity index (χ0v) is 11.2. The quantitative estimate of drug-likeness (QED) is 0.776. The van der Waals surface area contributed by atoms with Gasteiger partial charge in [-0.25, -0.2) is 4.98 Å². The monoisotopic (exact) mass is 286 g/mol. The molecule has 3 rings (SSSR count). The number of aromatic nitrogens is 3. The van der Waals surface area contributed by atoms with Crippen LogP contribution in [0.5, 0.6) is 0 Å². The first-order valence-electron chi connectivity index (χ1n) is 6.05. The van der Waals surface area contributed by atoms with Crippen molar-refractivity contribution in [2.75, 3.05) is 5.32 Å². The van der Waals surface area contributed by atoms with Crippen molar-refractivity contribution in [1.29, 1.82) is 0 Å². The van der Waals surface area contributed by atoms with Gasteiger partial charge in [-0.05, 0) is 11.6 Å². The third kappa shape index (κ3) is 2.35. The van der Waals surface area contributed by atoms with Gasteiger partial charge >= 0.3 is 0 Å². The Bertz CT molecular complexity index is 810. The maximum atomic E-state index is 11.4. The van der Waals surface area contributed by atoms with E-state index in [9.17, 15) is 4.79 Å². The van der Waals surface area contributed by atoms with E-state index in [-0.39, 0.29) is 10.6 Å². The summed E-state index contributed by atoms with van der Waals surface area (Å²) >= 11 is 5.89. The molecule has 0 saturated heterocycles. The van der Waals surface area contributed by atoms with Crippen LogP contribution in [0.25, 0.3) is 10.9 Å². The van der Waals surface area contributed by atoms with Crippen LogP contribution in [-0.4, -0.2) is 15.0 Å². The lowest BCUT2D eigenvalue weighted by Crippen LogP contribution is -2.11. The second kappa shape index (κ2) is 5.30. The van der Waals surface area contributed by atoms with Crippen molar-refractivity contribution >= 4 is 28.3 Å². The lowest BCUT2D eigenvalue weighted by atomic mass is 10.1. The van der Waals surface area contributed by atoms with Gasteiger partial charge in [0.2, 0.25) is 0 Å². The van der Waals surface area contributed by atoms with Crippen LogP contribution in [0.4, 0.5) is 5.82 Å². The highest BCUT2D eigenvalue weighted by Gasteiger charge is 2.06. The van der Waals surface area contributed by atoms with Gasteiger partial charge in [0, 0.05) is 18.1 Å². The molecule has 2 N–H and O–H groups in total. The molecule has 2 heterocycles. The molecular weight excluding hydrogens is 276 g/mol. The smallest absolute Gasteiger partial charge is 0.271 e. The van der Waals surface area contributed by atoms with Crippen LogP contribution >= 0.6 is 11.6 Å². The van der Waals surface area contributed by atoms with E-state index in [1.807, 2.05) is 30.3 Å². The fourth-order valence-electron chi connectivity index (χ4n) is 2.00. The lowest BCUT2D eigenvalue weighted by Gasteiger charge is -2.08. The zero-order valence-electron chi connectivity index (χ0n) is 10.4. The van der Waals surface area contributed by atoms with E-state index < -0.39 is 0 Å². The van der Waals surface area contributed by atoms with Crippen LogP contribution < -0.4 is 10.9 Å². The summed E-state index contributed by atoms with van der Waals surface area (Å²) < 4.78 is 0. The summed E-state index contributed by atoms with van der Waals surface area (Å²) in [5.41, 5.74) is 1.57. The molecular formula is C14H11ClN4O. The van der Waals surface area contributed by atoms with E-state index in [1.54, 1.807) is 6.20 Å². The Morgan fingerprint density at radius 3 is 2.95 bits per heavy atom. The average molecular weight is 287 g/mol. The fourth-order valence-corrected chi connectivity index (χ4v) is 2.17. The summed E-state index contributed by atoms with van der Waals surface area (Å²) in [5.74, 6) is 0.364. The molecule has 0 bridgehead atoms. The Kier molecular flexibility index (Phi) is 3.35. The maximum Gasteiger partial charge on any atom is 0.271 e. The molecule has 2 aromatic heterocycles. The van der Waals surface area contributed by atoms with Gasteiger partial charge in [0.1, 0.15) is 5.02 Å². The number of aromatic amines is 1. The van der Waals surface area contributed by atoms with Crippen molar-refractivity contribution in [2.24, 2.45) is 0 Å². The number of halogens is 1. The number of fused-ring (bicyclic) bond motifs is 1. The number of anilines is 1. The first kappa shape index (κ1) is 12.6. The minimum Gasteiger partial charge on any atom is -0.364 e. The molecule has 3 aromatic rings. The summed E-state index contributed by atoms with van der Waals surface area (Å²) in [6.07, 6.45) is 3.07. The zero-order chi connectivity index (χ0) is 13.9. The first-order chi connectivity index (χ1) is 9.75. The van der Waals surface area contributed by atoms with Crippen molar-refractivity contribution in [3.05, 3.63) is 63.8 Å². The standard InChI is InChI=1S/C14H11ClN4O/c15-11-13(18-8-19-14(11)20)17-7-10-4-1-3-9-5-2-6-16-12(9)10/h1-6,8H,7H2,(H2,17,18,19,20). The highest BCUT2D eigenvalue weighted by atomic mass is 35.5. The molecule has 0 aliphatic rings. The Morgan fingerprint density at radius 1 is 1.20 bits per heavy atom. The molecule has 0 radical (unpaired) electrons. The minimum absolute atomic E-state index is 0.0562. The SMILES string of the molecule is O=c1[nH]cnc(NCc2cccc3cccnc23)c1Cl. The third-order valence-electron chi connectivity index (χ3n) is 2.96. The highest BCUT2D eigenvalue weighted by molar-refractivity contribution is 6.32. The number of para-hydroxylation sites is 1. The van der Waals surface area contributed by atoms with Crippen molar-refractivity contribution in [2.45, 2.75) is 6.54 Å². The molecule has 0 saturated carbocycles. The lowest BCUT2D eigenvalue weighted by molar-refractivity contribution is 1.06. The van der Waals surface area contributed by atoms with E-state index in [0.29, 0.717) is 12.4 Å². The van der Waals surface area contributed by atoms with Crippen molar-refractivity contribution in [3.63, 3.8) is 0 Å². The number of pyridine rings is 1. The normalized spacial score (nSPS) is 10.7. The summed E-state index contributed by atoms with van der Waals surface area (Å²) in [4.78, 5) is 22.2. The Labute approximate surface area is 119 Å². The fraction of sp³-hybridized carbons (Fsp3) is 0.0714. The number of nitrogens with zero attached hydrogens (tertiary/aromatic N) is 2. The van der Waals surface area contributed by atoms with Gasteiger partial charge in [-0.3, -0.25) is 9.78 Å². The van der Waals surface area contributed by atoms with Gasteiger partial charge in [0.25, 0.3) is 5.56 Å². The van der Waals surface area contributed by atoms with Gasteiger partial charge in [-0.2, -0.15) is 0 Å². The van der Waals surface area contributed by atoms with Crippen LogP contribution in [-0.2, 0) is 6.54 Å². The Hall–Kier alpha value is -2.40. The second-order valence-corrected chi connectivity index (χ2v) is 4.62. The largest absolute Gasteiger partial charge is 0.364 e. The molecule has 0 amide bonds. The third-order valence-corrected chi connectivity index (χ3v) is 3.31. The van der Waals surface area contributed by atoms with Crippen LogP contribution in [0.1, 0.15) is 5.56 Å². The number of H-pyrrole nitrogens is 1. The van der Waals surface area contributed by atoms with Crippen molar-refractivity contribution in [1.82, 2.24) is 15.0 Å². The molecule has 1 aromatic carbocycles. The van der Waals surface area contributed by atoms with Gasteiger partial charge in [-0.15, -0.1) is 0 Å². The molecule has 100 valence electrons. The second-order valence-electron chi connectivity index (χ2n) is 4.24. The van der Waals surface area contributed by atoms with Crippen molar-refractivity contribution < 1.29 is 0 Å². The van der Waals surface area contributed by atoms with Gasteiger partial charge in [0.05, 0.1) is 11.8 Å². The Morgan fingerprint density at radius 2 is 2.05 bits per heavy atom. The molecule has 0 unspecified atom stereocenters. The molecule has 6 heteroatoms. The van der Waals surface area contributed by atoms with E-state index in [0.717, 1.165) is 16.5 Å². The number of benzene rings is 1. The van der Waals surface area contributed by atoms with Gasteiger partial charge in [0.15, 0.2) is 5.82 Å². The van der Waals surface area contributed by atoms with Gasteiger partial charge in [-0.1, -0.05) is 35.9 Å². The minimum atomic E-state index is -0.361. The van der Waals surface area contributed by atoms with Crippen LogP contribution in [0.2, 0.25) is 5.02 Å². The maximum absolute atomic E-state index is 11.4. The average Bonchev–Trinajstić information content (AvgIpc) is 2.49. The molecule has 5 nitrogen and oxygen atoms in total. The summed E-state index contributed by atoms with van der Waals surface area (Å²) in [6.45, 7) is 0.491. The summed E-state index contributed by atoms with van der Waals surface area (Å²) in [5, 5.41) is 4.18.